The lowest BCUT2D eigenvalue weighted by atomic mass is 10.2. The largest absolute Gasteiger partial charge is 0.441 e. The summed E-state index contributed by atoms with van der Waals surface area (Å²) in [5.74, 6) is 1.48. The van der Waals surface area contributed by atoms with E-state index >= 15 is 0 Å². The van der Waals surface area contributed by atoms with Gasteiger partial charge in [0.1, 0.15) is 5.76 Å². The molecule has 0 unspecified atom stereocenters. The van der Waals surface area contributed by atoms with Gasteiger partial charge < -0.3 is 4.42 Å². The molecule has 24 heavy (non-hydrogen) atoms. The van der Waals surface area contributed by atoms with Crippen LogP contribution >= 0.6 is 11.6 Å². The van der Waals surface area contributed by atoms with Crippen molar-refractivity contribution in [2.75, 3.05) is 6.54 Å². The smallest absolute Gasteiger partial charge is 0.226 e. The Labute approximate surface area is 147 Å². The molecule has 0 amide bonds. The van der Waals surface area contributed by atoms with E-state index in [1.807, 2.05) is 37.3 Å². The molecule has 0 atom stereocenters. The van der Waals surface area contributed by atoms with Crippen molar-refractivity contribution >= 4 is 11.6 Å². The first-order chi connectivity index (χ1) is 11.7. The Morgan fingerprint density at radius 3 is 2.54 bits per heavy atom. The predicted octanol–water partition coefficient (Wildman–Crippen LogP) is 5.33. The summed E-state index contributed by atoms with van der Waals surface area (Å²) in [6, 6.07) is 18.1. The molecule has 3 nitrogen and oxygen atoms in total. The van der Waals surface area contributed by atoms with Crippen LogP contribution in [-0.2, 0) is 13.1 Å². The number of hydrogen-bond acceptors (Lipinski definition) is 3. The summed E-state index contributed by atoms with van der Waals surface area (Å²) in [5.41, 5.74) is 3.18. The molecule has 0 N–H and O–H groups in total. The Kier molecular flexibility index (Phi) is 5.34. The molecule has 0 spiro atoms. The van der Waals surface area contributed by atoms with E-state index in [0.29, 0.717) is 10.9 Å². The fourth-order valence-corrected chi connectivity index (χ4v) is 2.84. The van der Waals surface area contributed by atoms with E-state index in [4.69, 9.17) is 16.0 Å². The molecule has 0 saturated heterocycles. The van der Waals surface area contributed by atoms with Gasteiger partial charge in [-0.1, -0.05) is 54.9 Å². The van der Waals surface area contributed by atoms with Gasteiger partial charge in [0, 0.05) is 23.7 Å². The molecule has 0 bridgehead atoms. The summed E-state index contributed by atoms with van der Waals surface area (Å²) in [4.78, 5) is 7.03. The topological polar surface area (TPSA) is 29.3 Å². The Morgan fingerprint density at radius 2 is 1.83 bits per heavy atom. The third kappa shape index (κ3) is 4.05. The molecule has 124 valence electrons. The van der Waals surface area contributed by atoms with Crippen LogP contribution in [0.3, 0.4) is 0 Å². The highest BCUT2D eigenvalue weighted by atomic mass is 35.5. The van der Waals surface area contributed by atoms with E-state index in [2.05, 4.69) is 41.1 Å². The van der Waals surface area contributed by atoms with E-state index in [1.54, 1.807) is 0 Å². The standard InChI is InChI=1S/C20H21ClN2O/c1-3-23(13-16-8-5-4-6-9-16)14-19-15(2)24-20(22-19)17-10-7-11-18(21)12-17/h4-12H,3,13-14H2,1-2H3. The molecule has 0 aliphatic heterocycles. The summed E-state index contributed by atoms with van der Waals surface area (Å²) in [6.07, 6.45) is 0. The quantitative estimate of drug-likeness (QED) is 0.607. The van der Waals surface area contributed by atoms with E-state index in [-0.39, 0.29) is 0 Å². The number of aromatic nitrogens is 1. The van der Waals surface area contributed by atoms with Crippen LogP contribution in [0.25, 0.3) is 11.5 Å². The Hall–Kier alpha value is -2.10. The van der Waals surface area contributed by atoms with Gasteiger partial charge in [-0.3, -0.25) is 4.90 Å². The number of halogens is 1. The van der Waals surface area contributed by atoms with Crippen LogP contribution in [0.15, 0.2) is 59.0 Å². The lowest BCUT2D eigenvalue weighted by Crippen LogP contribution is -2.22. The van der Waals surface area contributed by atoms with Crippen LogP contribution in [0.4, 0.5) is 0 Å². The van der Waals surface area contributed by atoms with Crippen molar-refractivity contribution in [2.24, 2.45) is 0 Å². The molecular formula is C20H21ClN2O. The van der Waals surface area contributed by atoms with Crippen molar-refractivity contribution in [2.45, 2.75) is 26.9 Å². The Morgan fingerprint density at radius 1 is 1.04 bits per heavy atom. The third-order valence-electron chi connectivity index (χ3n) is 4.03. The van der Waals surface area contributed by atoms with Gasteiger partial charge in [0.05, 0.1) is 5.69 Å². The second-order valence-corrected chi connectivity index (χ2v) is 6.26. The number of nitrogens with zero attached hydrogens (tertiary/aromatic N) is 2. The number of aryl methyl sites for hydroxylation is 1. The molecule has 4 heteroatoms. The van der Waals surface area contributed by atoms with E-state index in [0.717, 1.165) is 36.7 Å². The molecule has 3 rings (SSSR count). The minimum Gasteiger partial charge on any atom is -0.441 e. The predicted molar refractivity (Wildman–Crippen MR) is 97.9 cm³/mol. The highest BCUT2D eigenvalue weighted by molar-refractivity contribution is 6.30. The van der Waals surface area contributed by atoms with Crippen LogP contribution in [0.2, 0.25) is 5.02 Å². The van der Waals surface area contributed by atoms with Gasteiger partial charge in [-0.15, -0.1) is 0 Å². The number of oxazole rings is 1. The molecule has 0 aliphatic rings. The maximum atomic E-state index is 6.06. The van der Waals surface area contributed by atoms with E-state index in [9.17, 15) is 0 Å². The SMILES string of the molecule is CCN(Cc1ccccc1)Cc1nc(-c2cccc(Cl)c2)oc1C. The first-order valence-corrected chi connectivity index (χ1v) is 8.52. The molecular weight excluding hydrogens is 320 g/mol. The van der Waals surface area contributed by atoms with Crippen molar-refractivity contribution in [3.8, 4) is 11.5 Å². The second kappa shape index (κ2) is 7.65. The molecule has 1 heterocycles. The van der Waals surface area contributed by atoms with E-state index < -0.39 is 0 Å². The van der Waals surface area contributed by atoms with Crippen LogP contribution in [0.5, 0.6) is 0 Å². The van der Waals surface area contributed by atoms with Gasteiger partial charge >= 0.3 is 0 Å². The van der Waals surface area contributed by atoms with Crippen LogP contribution in [0.1, 0.15) is 23.9 Å². The second-order valence-electron chi connectivity index (χ2n) is 5.82. The zero-order valence-corrected chi connectivity index (χ0v) is 14.8. The highest BCUT2D eigenvalue weighted by Crippen LogP contribution is 2.25. The van der Waals surface area contributed by atoms with Crippen molar-refractivity contribution in [3.05, 3.63) is 76.6 Å². The number of hydrogen-bond donors (Lipinski definition) is 0. The molecule has 0 fully saturated rings. The van der Waals surface area contributed by atoms with Crippen LogP contribution in [0, 0.1) is 6.92 Å². The van der Waals surface area contributed by atoms with Gasteiger partial charge in [0.2, 0.25) is 5.89 Å². The summed E-state index contributed by atoms with van der Waals surface area (Å²) < 4.78 is 5.85. The monoisotopic (exact) mass is 340 g/mol. The molecule has 0 saturated carbocycles. The zero-order valence-electron chi connectivity index (χ0n) is 14.0. The third-order valence-corrected chi connectivity index (χ3v) is 4.27. The maximum Gasteiger partial charge on any atom is 0.226 e. The molecule has 0 aliphatic carbocycles. The number of rotatable bonds is 6. The first-order valence-electron chi connectivity index (χ1n) is 8.14. The summed E-state index contributed by atoms with van der Waals surface area (Å²) >= 11 is 6.06. The van der Waals surface area contributed by atoms with Gasteiger partial charge in [-0.05, 0) is 37.2 Å². The Balaban J connectivity index is 1.77. The lowest BCUT2D eigenvalue weighted by molar-refractivity contribution is 0.267. The van der Waals surface area contributed by atoms with E-state index in [1.165, 1.54) is 5.56 Å². The summed E-state index contributed by atoms with van der Waals surface area (Å²) in [6.45, 7) is 6.74. The minimum atomic E-state index is 0.626. The van der Waals surface area contributed by atoms with Crippen molar-refractivity contribution in [3.63, 3.8) is 0 Å². The minimum absolute atomic E-state index is 0.626. The molecule has 3 aromatic rings. The van der Waals surface area contributed by atoms with Crippen molar-refractivity contribution in [1.82, 2.24) is 9.88 Å². The fraction of sp³-hybridized carbons (Fsp3) is 0.250. The summed E-state index contributed by atoms with van der Waals surface area (Å²) in [5, 5.41) is 0.684. The number of benzene rings is 2. The van der Waals surface area contributed by atoms with Crippen molar-refractivity contribution < 1.29 is 4.42 Å². The van der Waals surface area contributed by atoms with Gasteiger partial charge in [0.25, 0.3) is 0 Å². The normalized spacial score (nSPS) is 11.2. The average Bonchev–Trinajstić information content (AvgIpc) is 2.96. The highest BCUT2D eigenvalue weighted by Gasteiger charge is 2.14. The zero-order chi connectivity index (χ0) is 16.9. The molecule has 1 aromatic heterocycles. The fourth-order valence-electron chi connectivity index (χ4n) is 2.65. The van der Waals surface area contributed by atoms with Gasteiger partial charge in [-0.25, -0.2) is 4.98 Å². The Bertz CT molecular complexity index is 798. The van der Waals surface area contributed by atoms with Crippen LogP contribution < -0.4 is 0 Å². The molecule has 0 radical (unpaired) electrons. The lowest BCUT2D eigenvalue weighted by Gasteiger charge is -2.19. The maximum absolute atomic E-state index is 6.06. The summed E-state index contributed by atoms with van der Waals surface area (Å²) in [7, 11) is 0. The van der Waals surface area contributed by atoms with Gasteiger partial charge in [-0.2, -0.15) is 0 Å². The van der Waals surface area contributed by atoms with Crippen molar-refractivity contribution in [1.29, 1.82) is 0 Å². The van der Waals surface area contributed by atoms with Gasteiger partial charge in [0.15, 0.2) is 0 Å². The average molecular weight is 341 g/mol. The van der Waals surface area contributed by atoms with Crippen LogP contribution in [-0.4, -0.2) is 16.4 Å². The molecule has 2 aromatic carbocycles. The first kappa shape index (κ1) is 16.7.